The summed E-state index contributed by atoms with van der Waals surface area (Å²) in [7, 11) is 1.62. The molecule has 2 heterocycles. The number of fused-ring (bicyclic) bond motifs is 3. The van der Waals surface area contributed by atoms with E-state index in [9.17, 15) is 4.79 Å². The molecule has 32 heavy (non-hydrogen) atoms. The predicted octanol–water partition coefficient (Wildman–Crippen LogP) is 4.74. The first-order valence-corrected chi connectivity index (χ1v) is 11.0. The fourth-order valence-corrected chi connectivity index (χ4v) is 4.43. The Hall–Kier alpha value is -3.51. The molecule has 1 aliphatic heterocycles. The zero-order chi connectivity index (χ0) is 22.1. The zero-order valence-corrected chi connectivity index (χ0v) is 18.4. The molecule has 0 spiro atoms. The number of rotatable bonds is 5. The van der Waals surface area contributed by atoms with Crippen molar-refractivity contribution in [3.8, 4) is 5.75 Å². The van der Waals surface area contributed by atoms with E-state index in [1.165, 1.54) is 5.69 Å². The first-order valence-electron chi connectivity index (χ1n) is 11.0. The van der Waals surface area contributed by atoms with E-state index in [4.69, 9.17) is 9.15 Å². The van der Waals surface area contributed by atoms with Crippen molar-refractivity contribution < 1.29 is 13.9 Å². The van der Waals surface area contributed by atoms with Crippen LogP contribution in [0.5, 0.6) is 5.75 Å². The van der Waals surface area contributed by atoms with Crippen LogP contribution in [0.15, 0.2) is 71.1 Å². The lowest BCUT2D eigenvalue weighted by Crippen LogP contribution is -2.52. The molecule has 1 amide bonds. The van der Waals surface area contributed by atoms with Crippen LogP contribution in [0.4, 0.5) is 11.4 Å². The van der Waals surface area contributed by atoms with Gasteiger partial charge < -0.3 is 19.4 Å². The number of amides is 1. The zero-order valence-electron chi connectivity index (χ0n) is 18.4. The van der Waals surface area contributed by atoms with Gasteiger partial charge in [-0.25, -0.2) is 0 Å². The molecule has 3 aromatic carbocycles. The number of benzene rings is 3. The minimum atomic E-state index is -0.246. The second-order valence-electron chi connectivity index (χ2n) is 8.17. The van der Waals surface area contributed by atoms with Crippen molar-refractivity contribution in [3.05, 3.63) is 66.7 Å². The number of nitrogens with zero attached hydrogens (tertiary/aromatic N) is 2. The van der Waals surface area contributed by atoms with Crippen LogP contribution in [0.3, 0.4) is 0 Å². The molecule has 0 unspecified atom stereocenters. The summed E-state index contributed by atoms with van der Waals surface area (Å²) in [5.74, 6) is 0.574. The van der Waals surface area contributed by atoms with Crippen molar-refractivity contribution >= 4 is 39.2 Å². The van der Waals surface area contributed by atoms with E-state index in [-0.39, 0.29) is 11.9 Å². The molecule has 1 fully saturated rings. The first-order chi connectivity index (χ1) is 15.6. The molecular formula is C26H27N3O3. The van der Waals surface area contributed by atoms with Gasteiger partial charge in [-0.15, -0.1) is 0 Å². The Bertz CT molecular complexity index is 1240. The maximum atomic E-state index is 13.1. The number of ether oxygens (including phenoxy) is 1. The lowest BCUT2D eigenvalue weighted by molar-refractivity contribution is -0.120. The highest BCUT2D eigenvalue weighted by Crippen LogP contribution is 2.36. The van der Waals surface area contributed by atoms with Gasteiger partial charge in [-0.3, -0.25) is 9.69 Å². The maximum Gasteiger partial charge on any atom is 0.241 e. The van der Waals surface area contributed by atoms with Gasteiger partial charge in [0.15, 0.2) is 0 Å². The molecule has 0 radical (unpaired) electrons. The Balaban J connectivity index is 1.30. The Morgan fingerprint density at radius 2 is 1.66 bits per heavy atom. The summed E-state index contributed by atoms with van der Waals surface area (Å²) >= 11 is 0. The lowest BCUT2D eigenvalue weighted by Gasteiger charge is -2.38. The Morgan fingerprint density at radius 1 is 0.938 bits per heavy atom. The number of furan rings is 1. The third-order valence-electron chi connectivity index (χ3n) is 6.32. The average Bonchev–Trinajstić information content (AvgIpc) is 3.21. The van der Waals surface area contributed by atoms with E-state index in [0.717, 1.165) is 48.1 Å². The van der Waals surface area contributed by atoms with E-state index in [1.807, 2.05) is 49.4 Å². The van der Waals surface area contributed by atoms with E-state index >= 15 is 0 Å². The normalized spacial score (nSPS) is 15.8. The number of hydrogen-bond acceptors (Lipinski definition) is 5. The van der Waals surface area contributed by atoms with Crippen LogP contribution in [0.2, 0.25) is 0 Å². The number of anilines is 2. The quantitative estimate of drug-likeness (QED) is 0.496. The third kappa shape index (κ3) is 3.78. The number of piperazine rings is 1. The molecular weight excluding hydrogens is 402 g/mol. The summed E-state index contributed by atoms with van der Waals surface area (Å²) in [5.41, 5.74) is 3.40. The molecule has 6 nitrogen and oxygen atoms in total. The Morgan fingerprint density at radius 3 is 2.41 bits per heavy atom. The van der Waals surface area contributed by atoms with Gasteiger partial charge in [0.2, 0.25) is 5.91 Å². The number of carbonyl (C=O) groups excluding carboxylic acids is 1. The van der Waals surface area contributed by atoms with Gasteiger partial charge in [0.05, 0.1) is 18.8 Å². The van der Waals surface area contributed by atoms with Crippen LogP contribution in [0.25, 0.3) is 21.9 Å². The number of nitrogens with one attached hydrogen (secondary N) is 1. The van der Waals surface area contributed by atoms with Gasteiger partial charge >= 0.3 is 0 Å². The van der Waals surface area contributed by atoms with Crippen molar-refractivity contribution in [2.45, 2.75) is 13.0 Å². The molecule has 5 rings (SSSR count). The van der Waals surface area contributed by atoms with Crippen molar-refractivity contribution in [1.29, 1.82) is 0 Å². The summed E-state index contributed by atoms with van der Waals surface area (Å²) in [6.07, 6.45) is 0. The molecule has 0 saturated carbocycles. The molecule has 0 aliphatic carbocycles. The monoisotopic (exact) mass is 429 g/mol. The first kappa shape index (κ1) is 20.4. The largest absolute Gasteiger partial charge is 0.495 e. The molecule has 1 atom stereocenters. The van der Waals surface area contributed by atoms with E-state index < -0.39 is 0 Å². The van der Waals surface area contributed by atoms with Crippen molar-refractivity contribution in [1.82, 2.24) is 4.90 Å². The second kappa shape index (κ2) is 8.55. The average molecular weight is 430 g/mol. The second-order valence-corrected chi connectivity index (χ2v) is 8.17. The van der Waals surface area contributed by atoms with Gasteiger partial charge in [0.25, 0.3) is 0 Å². The van der Waals surface area contributed by atoms with Crippen LogP contribution in [0, 0.1) is 0 Å². The Labute approximate surface area is 187 Å². The minimum Gasteiger partial charge on any atom is -0.495 e. The third-order valence-corrected chi connectivity index (χ3v) is 6.32. The van der Waals surface area contributed by atoms with Crippen molar-refractivity contribution in [2.24, 2.45) is 0 Å². The summed E-state index contributed by atoms with van der Waals surface area (Å²) in [4.78, 5) is 17.7. The lowest BCUT2D eigenvalue weighted by atomic mass is 10.1. The highest BCUT2D eigenvalue weighted by Gasteiger charge is 2.26. The molecule has 4 aromatic rings. The highest BCUT2D eigenvalue weighted by atomic mass is 16.5. The molecule has 1 saturated heterocycles. The number of methoxy groups -OCH3 is 1. The molecule has 6 heteroatoms. The molecule has 1 aromatic heterocycles. The van der Waals surface area contributed by atoms with E-state index in [0.29, 0.717) is 11.4 Å². The fraction of sp³-hybridized carbons (Fsp3) is 0.269. The molecule has 1 aliphatic rings. The van der Waals surface area contributed by atoms with Gasteiger partial charge in [0.1, 0.15) is 16.9 Å². The van der Waals surface area contributed by atoms with Gasteiger partial charge in [-0.1, -0.05) is 36.4 Å². The molecule has 0 bridgehead atoms. The van der Waals surface area contributed by atoms with Gasteiger partial charge in [-0.2, -0.15) is 0 Å². The highest BCUT2D eigenvalue weighted by molar-refractivity contribution is 6.08. The topological polar surface area (TPSA) is 58.0 Å². The minimum absolute atomic E-state index is 0.0491. The maximum absolute atomic E-state index is 13.1. The van der Waals surface area contributed by atoms with Crippen molar-refractivity contribution in [2.75, 3.05) is 43.5 Å². The number of para-hydroxylation sites is 2. The molecule has 1 N–H and O–H groups in total. The van der Waals surface area contributed by atoms with Crippen LogP contribution in [0.1, 0.15) is 6.92 Å². The standard InChI is InChI=1S/C26H27N3O3/c1-18(28-12-14-29(15-13-28)19-8-4-3-5-9-19)26(30)27-22-17-24-21(16-25(22)31-2)20-10-6-7-11-23(20)32-24/h3-11,16-18H,12-15H2,1-2H3,(H,27,30)/t18-/m0/s1. The van der Waals surface area contributed by atoms with Crippen LogP contribution in [-0.2, 0) is 4.79 Å². The Kier molecular flexibility index (Phi) is 5.45. The SMILES string of the molecule is COc1cc2c(cc1NC(=O)[C@H](C)N1CCN(c3ccccc3)CC1)oc1ccccc12. The van der Waals surface area contributed by atoms with Crippen LogP contribution in [-0.4, -0.2) is 50.1 Å². The van der Waals surface area contributed by atoms with E-state index in [2.05, 4.69) is 39.4 Å². The number of hydrogen-bond donors (Lipinski definition) is 1. The number of carbonyl (C=O) groups is 1. The fourth-order valence-electron chi connectivity index (χ4n) is 4.43. The smallest absolute Gasteiger partial charge is 0.241 e. The summed E-state index contributed by atoms with van der Waals surface area (Å²) in [6.45, 7) is 5.43. The summed E-state index contributed by atoms with van der Waals surface area (Å²) in [6, 6.07) is 21.8. The molecule has 164 valence electrons. The van der Waals surface area contributed by atoms with Gasteiger partial charge in [-0.05, 0) is 31.2 Å². The predicted molar refractivity (Wildman–Crippen MR) is 129 cm³/mol. The summed E-state index contributed by atoms with van der Waals surface area (Å²) < 4.78 is 11.6. The van der Waals surface area contributed by atoms with E-state index in [1.54, 1.807) is 7.11 Å². The van der Waals surface area contributed by atoms with Crippen LogP contribution < -0.4 is 15.0 Å². The van der Waals surface area contributed by atoms with Gasteiger partial charge in [0, 0.05) is 48.7 Å². The van der Waals surface area contributed by atoms with Crippen molar-refractivity contribution in [3.63, 3.8) is 0 Å². The van der Waals surface area contributed by atoms with Crippen LogP contribution >= 0.6 is 0 Å². The summed E-state index contributed by atoms with van der Waals surface area (Å²) in [5, 5.41) is 5.06.